The van der Waals surface area contributed by atoms with Gasteiger partial charge in [-0.15, -0.1) is 0 Å². The predicted octanol–water partition coefficient (Wildman–Crippen LogP) is 0.711. The van der Waals surface area contributed by atoms with Crippen molar-refractivity contribution in [1.82, 2.24) is 24.9 Å². The number of nitrogens with zero attached hydrogens (tertiary/aromatic N) is 5. The number of hydrogen-bond donors (Lipinski definition) is 1. The summed E-state index contributed by atoms with van der Waals surface area (Å²) in [6, 6.07) is 1.16. The van der Waals surface area contributed by atoms with Gasteiger partial charge in [-0.25, -0.2) is 0 Å². The number of aromatic nitrogens is 4. The second-order valence-corrected chi connectivity index (χ2v) is 4.71. The average molecular weight is 292 g/mol. The van der Waals surface area contributed by atoms with E-state index >= 15 is 0 Å². The number of rotatable bonds is 5. The van der Waals surface area contributed by atoms with Gasteiger partial charge in [0.05, 0.1) is 17.2 Å². The van der Waals surface area contributed by atoms with Crippen LogP contribution in [-0.4, -0.2) is 30.4 Å². The topological polar surface area (TPSA) is 108 Å². The van der Waals surface area contributed by atoms with Crippen LogP contribution in [0, 0.1) is 17.0 Å². The summed E-state index contributed by atoms with van der Waals surface area (Å²) >= 11 is 0. The first-order valence-electron chi connectivity index (χ1n) is 6.35. The van der Waals surface area contributed by atoms with Crippen LogP contribution in [0.2, 0.25) is 0 Å². The van der Waals surface area contributed by atoms with Gasteiger partial charge in [-0.3, -0.25) is 24.3 Å². The molecular formula is C12H16N6O3. The van der Waals surface area contributed by atoms with E-state index in [1.807, 2.05) is 0 Å². The molecule has 1 N–H and O–H groups in total. The lowest BCUT2D eigenvalue weighted by atomic mass is 10.3. The van der Waals surface area contributed by atoms with Crippen LogP contribution in [0.1, 0.15) is 24.4 Å². The van der Waals surface area contributed by atoms with Crippen molar-refractivity contribution in [1.29, 1.82) is 0 Å². The van der Waals surface area contributed by atoms with Gasteiger partial charge in [0.15, 0.2) is 0 Å². The highest BCUT2D eigenvalue weighted by Crippen LogP contribution is 2.18. The highest BCUT2D eigenvalue weighted by atomic mass is 16.6. The number of amides is 1. The van der Waals surface area contributed by atoms with E-state index in [0.29, 0.717) is 6.54 Å². The van der Waals surface area contributed by atoms with Gasteiger partial charge in [-0.1, -0.05) is 0 Å². The van der Waals surface area contributed by atoms with E-state index in [2.05, 4.69) is 15.5 Å². The minimum Gasteiger partial charge on any atom is -0.349 e. The maximum absolute atomic E-state index is 12.0. The third-order valence-electron chi connectivity index (χ3n) is 3.08. The van der Waals surface area contributed by atoms with Crippen LogP contribution in [0.15, 0.2) is 18.5 Å². The summed E-state index contributed by atoms with van der Waals surface area (Å²) < 4.78 is 2.94. The third-order valence-corrected chi connectivity index (χ3v) is 3.08. The number of nitrogens with one attached hydrogen (secondary N) is 1. The second kappa shape index (κ2) is 5.73. The zero-order valence-corrected chi connectivity index (χ0v) is 12.0. The van der Waals surface area contributed by atoms with E-state index in [1.165, 1.54) is 17.8 Å². The first kappa shape index (κ1) is 14.7. The Labute approximate surface area is 120 Å². The van der Waals surface area contributed by atoms with Gasteiger partial charge in [0, 0.05) is 13.2 Å². The maximum atomic E-state index is 12.0. The molecule has 1 atom stereocenters. The monoisotopic (exact) mass is 292 g/mol. The van der Waals surface area contributed by atoms with Gasteiger partial charge in [-0.05, 0) is 19.9 Å². The molecule has 1 unspecified atom stereocenters. The van der Waals surface area contributed by atoms with Gasteiger partial charge < -0.3 is 5.32 Å². The first-order chi connectivity index (χ1) is 9.88. The van der Waals surface area contributed by atoms with Crippen molar-refractivity contribution in [3.8, 4) is 0 Å². The summed E-state index contributed by atoms with van der Waals surface area (Å²) in [6.07, 6.45) is 3.05. The van der Waals surface area contributed by atoms with Crippen LogP contribution < -0.4 is 5.32 Å². The fourth-order valence-corrected chi connectivity index (χ4v) is 1.85. The molecule has 21 heavy (non-hydrogen) atoms. The summed E-state index contributed by atoms with van der Waals surface area (Å²) in [7, 11) is 1.79. The molecule has 2 aromatic heterocycles. The quantitative estimate of drug-likeness (QED) is 0.645. The molecule has 0 spiro atoms. The van der Waals surface area contributed by atoms with Crippen molar-refractivity contribution >= 4 is 11.6 Å². The van der Waals surface area contributed by atoms with E-state index in [0.717, 1.165) is 5.69 Å². The van der Waals surface area contributed by atoms with Gasteiger partial charge in [0.1, 0.15) is 17.9 Å². The van der Waals surface area contributed by atoms with E-state index in [-0.39, 0.29) is 17.3 Å². The molecular weight excluding hydrogens is 276 g/mol. The number of hydrogen-bond acceptors (Lipinski definition) is 5. The van der Waals surface area contributed by atoms with Crippen LogP contribution in [-0.2, 0) is 18.4 Å². The molecule has 9 nitrogen and oxygen atoms in total. The Morgan fingerprint density at radius 3 is 2.76 bits per heavy atom. The number of nitro groups is 1. The van der Waals surface area contributed by atoms with Crippen molar-refractivity contribution in [3.05, 3.63) is 40.0 Å². The van der Waals surface area contributed by atoms with E-state index in [9.17, 15) is 14.9 Å². The van der Waals surface area contributed by atoms with Crippen molar-refractivity contribution in [2.45, 2.75) is 26.4 Å². The summed E-state index contributed by atoms with van der Waals surface area (Å²) in [6.45, 7) is 3.46. The van der Waals surface area contributed by atoms with Crippen LogP contribution in [0.5, 0.6) is 0 Å². The molecule has 0 aliphatic rings. The highest BCUT2D eigenvalue weighted by Gasteiger charge is 2.22. The van der Waals surface area contributed by atoms with Gasteiger partial charge >= 0.3 is 5.69 Å². The van der Waals surface area contributed by atoms with Crippen LogP contribution in [0.3, 0.4) is 0 Å². The summed E-state index contributed by atoms with van der Waals surface area (Å²) in [4.78, 5) is 22.3. The predicted molar refractivity (Wildman–Crippen MR) is 73.4 cm³/mol. The molecule has 0 fully saturated rings. The molecule has 0 aromatic carbocycles. The molecule has 0 bridgehead atoms. The van der Waals surface area contributed by atoms with Crippen molar-refractivity contribution in [2.24, 2.45) is 7.05 Å². The zero-order valence-electron chi connectivity index (χ0n) is 12.0. The van der Waals surface area contributed by atoms with Crippen LogP contribution >= 0.6 is 0 Å². The maximum Gasteiger partial charge on any atom is 0.309 e. The zero-order chi connectivity index (χ0) is 15.6. The molecule has 2 rings (SSSR count). The molecule has 2 aromatic rings. The Morgan fingerprint density at radius 1 is 1.52 bits per heavy atom. The molecule has 0 saturated carbocycles. The third kappa shape index (κ3) is 3.25. The smallest absolute Gasteiger partial charge is 0.309 e. The number of carbonyl (C=O) groups excluding carboxylic acids is 1. The minimum absolute atomic E-state index is 0.0978. The number of aryl methyl sites for hydroxylation is 2. The van der Waals surface area contributed by atoms with E-state index < -0.39 is 11.0 Å². The lowest BCUT2D eigenvalue weighted by Gasteiger charge is -2.11. The van der Waals surface area contributed by atoms with Crippen LogP contribution in [0.25, 0.3) is 0 Å². The molecule has 0 saturated heterocycles. The van der Waals surface area contributed by atoms with Crippen molar-refractivity contribution in [2.75, 3.05) is 0 Å². The molecule has 1 amide bonds. The van der Waals surface area contributed by atoms with E-state index in [1.54, 1.807) is 30.9 Å². The minimum atomic E-state index is -0.638. The Kier molecular flexibility index (Phi) is 4.01. The molecule has 0 aliphatic heterocycles. The Balaban J connectivity index is 2.02. The molecule has 0 aliphatic carbocycles. The fourth-order valence-electron chi connectivity index (χ4n) is 1.85. The fraction of sp³-hybridized carbons (Fsp3) is 0.417. The largest absolute Gasteiger partial charge is 0.349 e. The Morgan fingerprint density at radius 2 is 2.24 bits per heavy atom. The summed E-state index contributed by atoms with van der Waals surface area (Å²) in [5.41, 5.74) is 0.921. The lowest BCUT2D eigenvalue weighted by molar-refractivity contribution is -0.385. The Bertz CT molecular complexity index is 674. The highest BCUT2D eigenvalue weighted by molar-refractivity contribution is 5.79. The summed E-state index contributed by atoms with van der Waals surface area (Å²) in [5, 5.41) is 21.7. The molecule has 9 heteroatoms. The average Bonchev–Trinajstić information content (AvgIpc) is 3.01. The van der Waals surface area contributed by atoms with Crippen LogP contribution in [0.4, 0.5) is 5.69 Å². The van der Waals surface area contributed by atoms with Gasteiger partial charge in [-0.2, -0.15) is 10.2 Å². The Hall–Kier alpha value is -2.71. The molecule has 2 heterocycles. The van der Waals surface area contributed by atoms with Crippen molar-refractivity contribution < 1.29 is 9.72 Å². The molecule has 112 valence electrons. The standard InChI is InChI=1S/C12H16N6O3/c1-8-11(18(20)21)7-17(14-8)9(2)12(19)13-6-10-4-5-16(3)15-10/h4-5,7,9H,6H2,1-3H3,(H,13,19). The van der Waals surface area contributed by atoms with Gasteiger partial charge in [0.2, 0.25) is 5.91 Å². The second-order valence-electron chi connectivity index (χ2n) is 4.71. The summed E-state index contributed by atoms with van der Waals surface area (Å²) in [5.74, 6) is -0.280. The lowest BCUT2D eigenvalue weighted by Crippen LogP contribution is -2.31. The molecule has 0 radical (unpaired) electrons. The van der Waals surface area contributed by atoms with Gasteiger partial charge in [0.25, 0.3) is 0 Å². The SMILES string of the molecule is Cc1nn(C(C)C(=O)NCc2ccn(C)n2)cc1[N+](=O)[O-]. The van der Waals surface area contributed by atoms with E-state index in [4.69, 9.17) is 0 Å². The first-order valence-corrected chi connectivity index (χ1v) is 6.35. The van der Waals surface area contributed by atoms with Crippen molar-refractivity contribution in [3.63, 3.8) is 0 Å². The normalized spacial score (nSPS) is 12.1. The number of carbonyl (C=O) groups is 1.